The maximum atomic E-state index is 5.76. The smallest absolute Gasteiger partial charge is 0.0462 e. The zero-order chi connectivity index (χ0) is 11.0. The summed E-state index contributed by atoms with van der Waals surface area (Å²) in [4.78, 5) is 3.41. The molecule has 0 aliphatic rings. The second-order valence-corrected chi connectivity index (χ2v) is 4.43. The van der Waals surface area contributed by atoms with Crippen molar-refractivity contribution in [1.29, 1.82) is 0 Å². The molecular formula is C13H18N2. The summed E-state index contributed by atoms with van der Waals surface area (Å²) in [6, 6.07) is 6.53. The first kappa shape index (κ1) is 10.2. The molecule has 0 radical (unpaired) electrons. The van der Waals surface area contributed by atoms with Crippen LogP contribution in [0.2, 0.25) is 0 Å². The molecule has 0 saturated heterocycles. The van der Waals surface area contributed by atoms with Crippen LogP contribution in [0.1, 0.15) is 36.6 Å². The molecule has 1 aromatic heterocycles. The summed E-state index contributed by atoms with van der Waals surface area (Å²) < 4.78 is 0. The number of aromatic nitrogens is 1. The predicted molar refractivity (Wildman–Crippen MR) is 65.0 cm³/mol. The number of nitrogens with two attached hydrogens (primary N) is 1. The Morgan fingerprint density at radius 3 is 2.67 bits per heavy atom. The molecule has 80 valence electrons. The van der Waals surface area contributed by atoms with Crippen LogP contribution in [0.25, 0.3) is 10.9 Å². The molecular weight excluding hydrogens is 184 g/mol. The van der Waals surface area contributed by atoms with Crippen LogP contribution in [0.4, 0.5) is 0 Å². The monoisotopic (exact) mass is 202 g/mol. The maximum Gasteiger partial charge on any atom is 0.0462 e. The Hall–Kier alpha value is -1.28. The lowest BCUT2D eigenvalue weighted by molar-refractivity contribution is 0.841. The minimum Gasteiger partial charge on any atom is -0.357 e. The van der Waals surface area contributed by atoms with Crippen LogP contribution < -0.4 is 5.73 Å². The van der Waals surface area contributed by atoms with E-state index in [9.17, 15) is 0 Å². The van der Waals surface area contributed by atoms with Crippen LogP contribution in [-0.2, 0) is 6.54 Å². The van der Waals surface area contributed by atoms with E-state index in [0.29, 0.717) is 12.5 Å². The second-order valence-electron chi connectivity index (χ2n) is 4.43. The van der Waals surface area contributed by atoms with Crippen molar-refractivity contribution in [2.75, 3.05) is 0 Å². The van der Waals surface area contributed by atoms with Crippen molar-refractivity contribution in [1.82, 2.24) is 4.98 Å². The molecule has 3 N–H and O–H groups in total. The molecule has 0 spiro atoms. The number of hydrogen-bond donors (Lipinski definition) is 2. The summed E-state index contributed by atoms with van der Waals surface area (Å²) in [5, 5.41) is 1.32. The van der Waals surface area contributed by atoms with Crippen LogP contribution >= 0.6 is 0 Å². The summed E-state index contributed by atoms with van der Waals surface area (Å²) in [5.74, 6) is 0.514. The highest BCUT2D eigenvalue weighted by atomic mass is 14.8. The summed E-state index contributed by atoms with van der Waals surface area (Å²) >= 11 is 0. The van der Waals surface area contributed by atoms with Crippen molar-refractivity contribution in [3.05, 3.63) is 35.0 Å². The van der Waals surface area contributed by atoms with Crippen molar-refractivity contribution < 1.29 is 0 Å². The number of nitrogens with one attached hydrogen (secondary N) is 1. The lowest BCUT2D eigenvalue weighted by Crippen LogP contribution is -2.01. The van der Waals surface area contributed by atoms with Gasteiger partial charge in [-0.05, 0) is 30.0 Å². The molecule has 0 amide bonds. The fourth-order valence-electron chi connectivity index (χ4n) is 2.21. The van der Waals surface area contributed by atoms with Gasteiger partial charge in [0.25, 0.3) is 0 Å². The van der Waals surface area contributed by atoms with Gasteiger partial charge in [-0.15, -0.1) is 0 Å². The van der Waals surface area contributed by atoms with Gasteiger partial charge in [-0.2, -0.15) is 0 Å². The topological polar surface area (TPSA) is 41.8 Å². The van der Waals surface area contributed by atoms with Crippen molar-refractivity contribution in [3.8, 4) is 0 Å². The van der Waals surface area contributed by atoms with E-state index in [-0.39, 0.29) is 0 Å². The highest BCUT2D eigenvalue weighted by Gasteiger charge is 2.12. The molecule has 0 fully saturated rings. The van der Waals surface area contributed by atoms with Gasteiger partial charge in [-0.25, -0.2) is 0 Å². The van der Waals surface area contributed by atoms with Crippen LogP contribution in [-0.4, -0.2) is 4.98 Å². The van der Waals surface area contributed by atoms with Gasteiger partial charge in [-0.1, -0.05) is 26.0 Å². The lowest BCUT2D eigenvalue weighted by Gasteiger charge is -2.06. The standard InChI is InChI=1S/C13H18N2/c1-8(2)13-10-5-4-9(3)6-11(10)15-12(13)7-14/h4-6,8,15H,7,14H2,1-3H3. The van der Waals surface area contributed by atoms with Crippen LogP contribution in [0, 0.1) is 6.92 Å². The second kappa shape index (κ2) is 3.70. The highest BCUT2D eigenvalue weighted by molar-refractivity contribution is 5.85. The Morgan fingerprint density at radius 2 is 2.07 bits per heavy atom. The van der Waals surface area contributed by atoms with Crippen molar-refractivity contribution in [2.45, 2.75) is 33.2 Å². The predicted octanol–water partition coefficient (Wildman–Crippen LogP) is 3.06. The average molecular weight is 202 g/mol. The number of aryl methyl sites for hydroxylation is 1. The Balaban J connectivity index is 2.74. The highest BCUT2D eigenvalue weighted by Crippen LogP contribution is 2.29. The van der Waals surface area contributed by atoms with E-state index in [1.807, 2.05) is 0 Å². The SMILES string of the molecule is Cc1ccc2c(C(C)C)c(CN)[nH]c2c1. The number of rotatable bonds is 2. The Morgan fingerprint density at radius 1 is 1.33 bits per heavy atom. The Labute approximate surface area is 90.5 Å². The Kier molecular flexibility index (Phi) is 2.53. The minimum absolute atomic E-state index is 0.514. The first-order chi connectivity index (χ1) is 7.13. The van der Waals surface area contributed by atoms with Crippen molar-refractivity contribution in [3.63, 3.8) is 0 Å². The lowest BCUT2D eigenvalue weighted by atomic mass is 9.99. The molecule has 0 atom stereocenters. The number of aromatic amines is 1. The van der Waals surface area contributed by atoms with Gasteiger partial charge < -0.3 is 10.7 Å². The fourth-order valence-corrected chi connectivity index (χ4v) is 2.21. The van der Waals surface area contributed by atoms with Gasteiger partial charge in [0.05, 0.1) is 0 Å². The zero-order valence-electron chi connectivity index (χ0n) is 9.59. The molecule has 2 rings (SSSR count). The first-order valence-corrected chi connectivity index (χ1v) is 5.44. The molecule has 0 unspecified atom stereocenters. The van der Waals surface area contributed by atoms with Gasteiger partial charge in [0.15, 0.2) is 0 Å². The minimum atomic E-state index is 0.514. The van der Waals surface area contributed by atoms with E-state index in [1.54, 1.807) is 0 Å². The molecule has 2 heteroatoms. The maximum absolute atomic E-state index is 5.76. The molecule has 0 saturated carbocycles. The third-order valence-corrected chi connectivity index (χ3v) is 2.86. The largest absolute Gasteiger partial charge is 0.357 e. The van der Waals surface area contributed by atoms with Gasteiger partial charge >= 0.3 is 0 Å². The summed E-state index contributed by atoms with van der Waals surface area (Å²) in [5.41, 5.74) is 10.8. The summed E-state index contributed by atoms with van der Waals surface area (Å²) in [6.45, 7) is 7.11. The molecule has 0 bridgehead atoms. The summed E-state index contributed by atoms with van der Waals surface area (Å²) in [7, 11) is 0. The summed E-state index contributed by atoms with van der Waals surface area (Å²) in [6.07, 6.45) is 0. The number of hydrogen-bond acceptors (Lipinski definition) is 1. The molecule has 15 heavy (non-hydrogen) atoms. The van der Waals surface area contributed by atoms with Gasteiger partial charge in [0, 0.05) is 23.1 Å². The molecule has 2 nitrogen and oxygen atoms in total. The van der Waals surface area contributed by atoms with Gasteiger partial charge in [0.2, 0.25) is 0 Å². The zero-order valence-corrected chi connectivity index (χ0v) is 9.59. The number of benzene rings is 1. The van der Waals surface area contributed by atoms with Crippen LogP contribution in [0.15, 0.2) is 18.2 Å². The number of H-pyrrole nitrogens is 1. The van der Waals surface area contributed by atoms with E-state index in [0.717, 1.165) is 0 Å². The first-order valence-electron chi connectivity index (χ1n) is 5.44. The molecule has 1 heterocycles. The van der Waals surface area contributed by atoms with Crippen LogP contribution in [0.3, 0.4) is 0 Å². The molecule has 1 aromatic carbocycles. The third-order valence-electron chi connectivity index (χ3n) is 2.86. The van der Waals surface area contributed by atoms with E-state index in [1.165, 1.54) is 27.7 Å². The fraction of sp³-hybridized carbons (Fsp3) is 0.385. The van der Waals surface area contributed by atoms with Crippen molar-refractivity contribution >= 4 is 10.9 Å². The van der Waals surface area contributed by atoms with Crippen molar-refractivity contribution in [2.24, 2.45) is 5.73 Å². The van der Waals surface area contributed by atoms with E-state index in [4.69, 9.17) is 5.73 Å². The normalized spacial score (nSPS) is 11.5. The quantitative estimate of drug-likeness (QED) is 0.772. The molecule has 2 aromatic rings. The van der Waals surface area contributed by atoms with E-state index < -0.39 is 0 Å². The van der Waals surface area contributed by atoms with E-state index >= 15 is 0 Å². The Bertz CT molecular complexity index is 480. The van der Waals surface area contributed by atoms with E-state index in [2.05, 4.69) is 44.0 Å². The van der Waals surface area contributed by atoms with Crippen LogP contribution in [0.5, 0.6) is 0 Å². The van der Waals surface area contributed by atoms with Gasteiger partial charge in [-0.3, -0.25) is 0 Å². The molecule has 0 aliphatic heterocycles. The third kappa shape index (κ3) is 1.65. The average Bonchev–Trinajstić information content (AvgIpc) is 2.54. The molecule has 0 aliphatic carbocycles. The number of fused-ring (bicyclic) bond motifs is 1. The van der Waals surface area contributed by atoms with Gasteiger partial charge in [0.1, 0.15) is 0 Å².